The predicted octanol–water partition coefficient (Wildman–Crippen LogP) is 1.26. The van der Waals surface area contributed by atoms with Gasteiger partial charge in [0.2, 0.25) is 0 Å². The van der Waals surface area contributed by atoms with Crippen LogP contribution in [0.15, 0.2) is 12.4 Å². The number of rotatable bonds is 2. The normalized spacial score (nSPS) is 22.1. The summed E-state index contributed by atoms with van der Waals surface area (Å²) in [5, 5.41) is 3.23. The third kappa shape index (κ3) is 1.07. The second-order valence-electron chi connectivity index (χ2n) is 3.23. The second-order valence-corrected chi connectivity index (χ2v) is 3.23. The van der Waals surface area contributed by atoms with E-state index in [4.69, 9.17) is 0 Å². The molecule has 11 heavy (non-hydrogen) atoms. The lowest BCUT2D eigenvalue weighted by Gasteiger charge is -2.07. The molecule has 0 aromatic carbocycles. The van der Waals surface area contributed by atoms with Crippen LogP contribution in [0.25, 0.3) is 0 Å². The minimum absolute atomic E-state index is 0.751. The fourth-order valence-electron chi connectivity index (χ4n) is 1.95. The molecule has 2 nitrogen and oxygen atoms in total. The number of hydrogen-bond donors (Lipinski definition) is 2. The van der Waals surface area contributed by atoms with Crippen LogP contribution in [0.3, 0.4) is 0 Å². The van der Waals surface area contributed by atoms with E-state index in [0.29, 0.717) is 0 Å². The predicted molar refractivity (Wildman–Crippen MR) is 45.8 cm³/mol. The van der Waals surface area contributed by atoms with Gasteiger partial charge in [-0.1, -0.05) is 0 Å². The van der Waals surface area contributed by atoms with Crippen molar-refractivity contribution in [1.29, 1.82) is 0 Å². The van der Waals surface area contributed by atoms with Crippen molar-refractivity contribution < 1.29 is 0 Å². The zero-order valence-corrected chi connectivity index (χ0v) is 6.85. The second kappa shape index (κ2) is 2.70. The first-order valence-corrected chi connectivity index (χ1v) is 4.22. The molecule has 1 aliphatic rings. The van der Waals surface area contributed by atoms with Gasteiger partial charge in [0.1, 0.15) is 0 Å². The molecule has 0 aliphatic heterocycles. The van der Waals surface area contributed by atoms with Crippen LogP contribution in [-0.4, -0.2) is 18.6 Å². The number of aryl methyl sites for hydroxylation is 1. The van der Waals surface area contributed by atoms with E-state index in [1.165, 1.54) is 24.0 Å². The molecule has 0 saturated carbocycles. The molecule has 1 atom stereocenters. The lowest BCUT2D eigenvalue weighted by Crippen LogP contribution is -2.14. The zero-order chi connectivity index (χ0) is 7.68. The Kier molecular flexibility index (Phi) is 1.70. The Morgan fingerprint density at radius 1 is 1.64 bits per heavy atom. The smallest absolute Gasteiger partial charge is 0.00435 e. The maximum absolute atomic E-state index is 3.23. The SMILES string of the molecule is CNCC1CCc2c[nH]cc21. The highest BCUT2D eigenvalue weighted by Crippen LogP contribution is 2.31. The Morgan fingerprint density at radius 3 is 3.36 bits per heavy atom. The number of nitrogens with one attached hydrogen (secondary N) is 2. The van der Waals surface area contributed by atoms with Gasteiger partial charge in [0.15, 0.2) is 0 Å². The molecule has 0 bridgehead atoms. The van der Waals surface area contributed by atoms with E-state index in [1.54, 1.807) is 0 Å². The summed E-state index contributed by atoms with van der Waals surface area (Å²) in [5.74, 6) is 0.751. The Bertz CT molecular complexity index is 239. The molecule has 1 aromatic heterocycles. The summed E-state index contributed by atoms with van der Waals surface area (Å²) >= 11 is 0. The van der Waals surface area contributed by atoms with Crippen LogP contribution >= 0.6 is 0 Å². The quantitative estimate of drug-likeness (QED) is 0.652. The maximum Gasteiger partial charge on any atom is 0.00435 e. The summed E-state index contributed by atoms with van der Waals surface area (Å²) in [6.45, 7) is 1.12. The Hall–Kier alpha value is -0.760. The first-order chi connectivity index (χ1) is 5.42. The molecule has 0 saturated heterocycles. The fourth-order valence-corrected chi connectivity index (χ4v) is 1.95. The van der Waals surface area contributed by atoms with Gasteiger partial charge in [0, 0.05) is 18.9 Å². The van der Waals surface area contributed by atoms with E-state index in [-0.39, 0.29) is 0 Å². The highest BCUT2D eigenvalue weighted by molar-refractivity contribution is 5.32. The topological polar surface area (TPSA) is 27.8 Å². The van der Waals surface area contributed by atoms with Crippen molar-refractivity contribution >= 4 is 0 Å². The number of H-pyrrole nitrogens is 1. The molecule has 0 radical (unpaired) electrons. The van der Waals surface area contributed by atoms with Crippen LogP contribution in [0.2, 0.25) is 0 Å². The van der Waals surface area contributed by atoms with Gasteiger partial charge in [-0.3, -0.25) is 0 Å². The van der Waals surface area contributed by atoms with Gasteiger partial charge in [-0.2, -0.15) is 0 Å². The zero-order valence-electron chi connectivity index (χ0n) is 6.85. The van der Waals surface area contributed by atoms with Gasteiger partial charge in [-0.05, 0) is 36.9 Å². The Balaban J connectivity index is 2.18. The molecule has 60 valence electrons. The van der Waals surface area contributed by atoms with Gasteiger partial charge in [0.25, 0.3) is 0 Å². The number of aromatic amines is 1. The van der Waals surface area contributed by atoms with E-state index in [9.17, 15) is 0 Å². The number of hydrogen-bond acceptors (Lipinski definition) is 1. The first-order valence-electron chi connectivity index (χ1n) is 4.22. The number of likely N-dealkylation sites (N-methyl/N-ethyl adjacent to an activating group) is 1. The average molecular weight is 150 g/mol. The highest BCUT2D eigenvalue weighted by atomic mass is 14.8. The van der Waals surface area contributed by atoms with Crippen LogP contribution in [-0.2, 0) is 6.42 Å². The van der Waals surface area contributed by atoms with E-state index < -0.39 is 0 Å². The van der Waals surface area contributed by atoms with Crippen molar-refractivity contribution in [2.24, 2.45) is 0 Å². The minimum atomic E-state index is 0.751. The van der Waals surface area contributed by atoms with Crippen LogP contribution < -0.4 is 5.32 Å². The van der Waals surface area contributed by atoms with Crippen molar-refractivity contribution in [3.63, 3.8) is 0 Å². The number of fused-ring (bicyclic) bond motifs is 1. The highest BCUT2D eigenvalue weighted by Gasteiger charge is 2.21. The van der Waals surface area contributed by atoms with Gasteiger partial charge < -0.3 is 10.3 Å². The summed E-state index contributed by atoms with van der Waals surface area (Å²) < 4.78 is 0. The average Bonchev–Trinajstić information content (AvgIpc) is 2.53. The van der Waals surface area contributed by atoms with E-state index >= 15 is 0 Å². The largest absolute Gasteiger partial charge is 0.367 e. The molecule has 2 N–H and O–H groups in total. The summed E-state index contributed by atoms with van der Waals surface area (Å²) in [4.78, 5) is 3.16. The van der Waals surface area contributed by atoms with Crippen LogP contribution in [0.1, 0.15) is 23.5 Å². The Morgan fingerprint density at radius 2 is 2.55 bits per heavy atom. The maximum atomic E-state index is 3.23. The molecule has 1 aliphatic carbocycles. The first kappa shape index (κ1) is 6.92. The monoisotopic (exact) mass is 150 g/mol. The molecule has 0 fully saturated rings. The molecule has 0 spiro atoms. The van der Waals surface area contributed by atoms with Crippen LogP contribution in [0.5, 0.6) is 0 Å². The molecule has 1 unspecified atom stereocenters. The molecule has 0 amide bonds. The van der Waals surface area contributed by atoms with Gasteiger partial charge in [-0.15, -0.1) is 0 Å². The lowest BCUT2D eigenvalue weighted by molar-refractivity contribution is 0.621. The molecule has 1 aromatic rings. The van der Waals surface area contributed by atoms with E-state index in [1.807, 2.05) is 7.05 Å². The summed E-state index contributed by atoms with van der Waals surface area (Å²) in [7, 11) is 2.02. The molecule has 1 heterocycles. The van der Waals surface area contributed by atoms with Crippen molar-refractivity contribution in [3.8, 4) is 0 Å². The van der Waals surface area contributed by atoms with E-state index in [0.717, 1.165) is 12.5 Å². The summed E-state index contributed by atoms with van der Waals surface area (Å²) in [6, 6.07) is 0. The summed E-state index contributed by atoms with van der Waals surface area (Å²) in [5.41, 5.74) is 3.05. The van der Waals surface area contributed by atoms with Gasteiger partial charge >= 0.3 is 0 Å². The van der Waals surface area contributed by atoms with Crippen LogP contribution in [0, 0.1) is 0 Å². The van der Waals surface area contributed by atoms with Gasteiger partial charge in [-0.25, -0.2) is 0 Å². The molecular weight excluding hydrogens is 136 g/mol. The number of aromatic nitrogens is 1. The molecular formula is C9H14N2. The lowest BCUT2D eigenvalue weighted by atomic mass is 10.1. The third-order valence-corrected chi connectivity index (χ3v) is 2.52. The van der Waals surface area contributed by atoms with Gasteiger partial charge in [0.05, 0.1) is 0 Å². The third-order valence-electron chi connectivity index (χ3n) is 2.52. The molecule has 2 rings (SSSR count). The molecule has 2 heteroatoms. The Labute approximate surface area is 67.0 Å². The van der Waals surface area contributed by atoms with Crippen LogP contribution in [0.4, 0.5) is 0 Å². The van der Waals surface area contributed by atoms with Crippen molar-refractivity contribution in [2.75, 3.05) is 13.6 Å². The van der Waals surface area contributed by atoms with Crippen molar-refractivity contribution in [3.05, 3.63) is 23.5 Å². The summed E-state index contributed by atoms with van der Waals surface area (Å²) in [6.07, 6.45) is 6.85. The van der Waals surface area contributed by atoms with E-state index in [2.05, 4.69) is 22.7 Å². The van der Waals surface area contributed by atoms with Crippen molar-refractivity contribution in [2.45, 2.75) is 18.8 Å². The fraction of sp³-hybridized carbons (Fsp3) is 0.556. The van der Waals surface area contributed by atoms with Crippen molar-refractivity contribution in [1.82, 2.24) is 10.3 Å². The minimum Gasteiger partial charge on any atom is -0.367 e. The standard InChI is InChI=1S/C9H14N2/c1-10-4-7-2-3-8-5-11-6-9(7)8/h5-7,10-11H,2-4H2,1H3.